The number of ether oxygens (including phenoxy) is 1. The molecule has 0 aromatic heterocycles. The van der Waals surface area contributed by atoms with Crippen LogP contribution in [0.15, 0.2) is 52.0 Å². The van der Waals surface area contributed by atoms with Gasteiger partial charge in [0.25, 0.3) is 5.91 Å². The minimum Gasteiger partial charge on any atom is -0.496 e. The molecular formula is C23H24BrClN4O3. The predicted molar refractivity (Wildman–Crippen MR) is 128 cm³/mol. The van der Waals surface area contributed by atoms with E-state index in [1.807, 2.05) is 47.4 Å². The van der Waals surface area contributed by atoms with E-state index in [0.717, 1.165) is 28.9 Å². The molecule has 0 N–H and O–H groups in total. The molecule has 9 heteroatoms. The van der Waals surface area contributed by atoms with Crippen LogP contribution in [0.1, 0.15) is 18.4 Å². The van der Waals surface area contributed by atoms with Crippen LogP contribution < -0.4 is 9.75 Å². The number of hydrogen-bond donors (Lipinski definition) is 0. The molecule has 4 rings (SSSR count). The van der Waals surface area contributed by atoms with Gasteiger partial charge in [0.05, 0.1) is 12.8 Å². The summed E-state index contributed by atoms with van der Waals surface area (Å²) >= 11 is 9.54. The second-order valence-electron chi connectivity index (χ2n) is 7.75. The number of benzene rings is 2. The highest BCUT2D eigenvalue weighted by Crippen LogP contribution is 2.25. The average molecular weight is 520 g/mol. The van der Waals surface area contributed by atoms with Gasteiger partial charge in [-0.1, -0.05) is 27.5 Å². The molecule has 168 valence electrons. The number of nitrogens with zero attached hydrogens (tertiary/aromatic N) is 4. The first-order valence-corrected chi connectivity index (χ1v) is 11.6. The highest BCUT2D eigenvalue weighted by atomic mass is 79.9. The first-order chi connectivity index (χ1) is 15.4. The number of amides is 2. The molecule has 2 aromatic carbocycles. The van der Waals surface area contributed by atoms with Crippen LogP contribution in [-0.2, 0) is 16.1 Å². The number of rotatable bonds is 5. The van der Waals surface area contributed by atoms with Gasteiger partial charge < -0.3 is 9.64 Å². The Morgan fingerprint density at radius 3 is 2.50 bits per heavy atom. The second-order valence-corrected chi connectivity index (χ2v) is 9.11. The van der Waals surface area contributed by atoms with E-state index >= 15 is 0 Å². The van der Waals surface area contributed by atoms with Crippen LogP contribution in [0.4, 0.5) is 5.69 Å². The third kappa shape index (κ3) is 5.14. The maximum Gasteiger partial charge on any atom is 0.270 e. The number of methoxy groups -OCH3 is 1. The molecule has 2 aliphatic rings. The standard InChI is InChI=1S/C23H24BrClN4O3/c1-32-21-8-4-18(25)14-16(21)15-27-10-12-28(13-11-27)23(31)20-7-9-22(30)29(26-20)19-5-2-17(24)3-6-19/h2-6,8,14H,7,9-13,15H2,1H3. The van der Waals surface area contributed by atoms with Crippen LogP contribution in [0, 0.1) is 0 Å². The molecule has 2 aromatic rings. The van der Waals surface area contributed by atoms with Crippen LogP contribution in [-0.4, -0.2) is 60.6 Å². The SMILES string of the molecule is COc1ccc(Cl)cc1CN1CCN(C(=O)C2=NN(c3ccc(Br)cc3)C(=O)CC2)CC1. The molecule has 0 bridgehead atoms. The van der Waals surface area contributed by atoms with Gasteiger partial charge in [0, 0.05) is 60.6 Å². The zero-order valence-corrected chi connectivity index (χ0v) is 20.1. The molecule has 0 spiro atoms. The lowest BCUT2D eigenvalue weighted by atomic mass is 10.1. The Balaban J connectivity index is 1.40. The van der Waals surface area contributed by atoms with Gasteiger partial charge in [-0.25, -0.2) is 5.01 Å². The fourth-order valence-corrected chi connectivity index (χ4v) is 4.35. The lowest BCUT2D eigenvalue weighted by Gasteiger charge is -2.35. The zero-order chi connectivity index (χ0) is 22.7. The molecule has 2 heterocycles. The van der Waals surface area contributed by atoms with Crippen LogP contribution in [0.5, 0.6) is 5.75 Å². The van der Waals surface area contributed by atoms with Gasteiger partial charge >= 0.3 is 0 Å². The van der Waals surface area contributed by atoms with Crippen LogP contribution in [0.25, 0.3) is 0 Å². The van der Waals surface area contributed by atoms with Crippen molar-refractivity contribution in [2.45, 2.75) is 19.4 Å². The summed E-state index contributed by atoms with van der Waals surface area (Å²) in [7, 11) is 1.65. The Labute approximate surface area is 200 Å². The summed E-state index contributed by atoms with van der Waals surface area (Å²) in [6.07, 6.45) is 0.639. The molecule has 32 heavy (non-hydrogen) atoms. The molecule has 0 radical (unpaired) electrons. The number of halogens is 2. The summed E-state index contributed by atoms with van der Waals surface area (Å²) in [6, 6.07) is 12.9. The number of hydrogen-bond acceptors (Lipinski definition) is 5. The number of piperazine rings is 1. The van der Waals surface area contributed by atoms with Crippen molar-refractivity contribution in [1.82, 2.24) is 9.80 Å². The van der Waals surface area contributed by atoms with Gasteiger partial charge in [0.1, 0.15) is 11.5 Å². The molecule has 2 aliphatic heterocycles. The zero-order valence-electron chi connectivity index (χ0n) is 17.8. The first kappa shape index (κ1) is 22.8. The third-order valence-electron chi connectivity index (χ3n) is 5.65. The summed E-state index contributed by atoms with van der Waals surface area (Å²) < 4.78 is 6.36. The summed E-state index contributed by atoms with van der Waals surface area (Å²) in [5.41, 5.74) is 2.11. The van der Waals surface area contributed by atoms with E-state index in [2.05, 4.69) is 25.9 Å². The summed E-state index contributed by atoms with van der Waals surface area (Å²) in [6.45, 7) is 3.40. The second kappa shape index (κ2) is 10.0. The van der Waals surface area contributed by atoms with Gasteiger partial charge in [0.15, 0.2) is 0 Å². The topological polar surface area (TPSA) is 65.5 Å². The first-order valence-electron chi connectivity index (χ1n) is 10.4. The predicted octanol–water partition coefficient (Wildman–Crippen LogP) is 3.94. The van der Waals surface area contributed by atoms with Crippen LogP contribution >= 0.6 is 27.5 Å². The number of anilines is 1. The molecule has 0 saturated carbocycles. The smallest absolute Gasteiger partial charge is 0.270 e. The van der Waals surface area contributed by atoms with Crippen LogP contribution in [0.2, 0.25) is 5.02 Å². The van der Waals surface area contributed by atoms with E-state index in [1.54, 1.807) is 7.11 Å². The third-order valence-corrected chi connectivity index (χ3v) is 6.41. The van der Waals surface area contributed by atoms with Crippen molar-refractivity contribution in [3.63, 3.8) is 0 Å². The highest BCUT2D eigenvalue weighted by Gasteiger charge is 2.30. The molecular weight excluding hydrogens is 496 g/mol. The van der Waals surface area contributed by atoms with Crippen molar-refractivity contribution < 1.29 is 14.3 Å². The average Bonchev–Trinajstić information content (AvgIpc) is 2.80. The molecule has 7 nitrogen and oxygen atoms in total. The number of carbonyl (C=O) groups is 2. The van der Waals surface area contributed by atoms with E-state index in [4.69, 9.17) is 16.3 Å². The lowest BCUT2D eigenvalue weighted by molar-refractivity contribution is -0.126. The van der Waals surface area contributed by atoms with E-state index in [1.165, 1.54) is 5.01 Å². The number of carbonyl (C=O) groups excluding carboxylic acids is 2. The summed E-state index contributed by atoms with van der Waals surface area (Å²) in [5.74, 6) is 0.603. The van der Waals surface area contributed by atoms with E-state index in [0.29, 0.717) is 42.5 Å². The maximum absolute atomic E-state index is 13.1. The van der Waals surface area contributed by atoms with E-state index in [-0.39, 0.29) is 18.2 Å². The minimum absolute atomic E-state index is 0.0976. The fourth-order valence-electron chi connectivity index (χ4n) is 3.89. The van der Waals surface area contributed by atoms with Gasteiger partial charge in [-0.05, 0) is 42.5 Å². The normalized spacial score (nSPS) is 17.3. The van der Waals surface area contributed by atoms with Gasteiger partial charge in [0.2, 0.25) is 5.91 Å². The van der Waals surface area contributed by atoms with Crippen molar-refractivity contribution in [2.24, 2.45) is 5.10 Å². The Hall–Kier alpha value is -2.42. The number of hydrazone groups is 1. The monoisotopic (exact) mass is 518 g/mol. The van der Waals surface area contributed by atoms with Crippen molar-refractivity contribution in [3.8, 4) is 5.75 Å². The molecule has 0 atom stereocenters. The van der Waals surface area contributed by atoms with E-state index < -0.39 is 0 Å². The van der Waals surface area contributed by atoms with Crippen molar-refractivity contribution >= 4 is 50.7 Å². The van der Waals surface area contributed by atoms with Gasteiger partial charge in [-0.2, -0.15) is 5.10 Å². The van der Waals surface area contributed by atoms with Crippen molar-refractivity contribution in [2.75, 3.05) is 38.3 Å². The quantitative estimate of drug-likeness (QED) is 0.600. The molecule has 2 amide bonds. The van der Waals surface area contributed by atoms with Gasteiger partial charge in [-0.15, -0.1) is 0 Å². The van der Waals surface area contributed by atoms with Crippen LogP contribution in [0.3, 0.4) is 0 Å². The fraction of sp³-hybridized carbons (Fsp3) is 0.348. The maximum atomic E-state index is 13.1. The Kier molecular flexibility index (Phi) is 7.13. The van der Waals surface area contributed by atoms with Gasteiger partial charge in [-0.3, -0.25) is 14.5 Å². The molecule has 1 saturated heterocycles. The largest absolute Gasteiger partial charge is 0.496 e. The summed E-state index contributed by atoms with van der Waals surface area (Å²) in [5, 5.41) is 6.42. The Morgan fingerprint density at radius 2 is 1.81 bits per heavy atom. The van der Waals surface area contributed by atoms with Crippen molar-refractivity contribution in [3.05, 3.63) is 57.5 Å². The minimum atomic E-state index is -0.107. The van der Waals surface area contributed by atoms with Crippen molar-refractivity contribution in [1.29, 1.82) is 0 Å². The molecule has 0 aliphatic carbocycles. The highest BCUT2D eigenvalue weighted by molar-refractivity contribution is 9.10. The molecule has 0 unspecified atom stereocenters. The Bertz CT molecular complexity index is 1040. The summed E-state index contributed by atoms with van der Waals surface area (Å²) in [4.78, 5) is 29.6. The Morgan fingerprint density at radius 1 is 1.09 bits per heavy atom. The lowest BCUT2D eigenvalue weighted by Crippen LogP contribution is -2.51. The molecule has 1 fully saturated rings. The van der Waals surface area contributed by atoms with E-state index in [9.17, 15) is 9.59 Å².